The molecule has 1 saturated carbocycles. The van der Waals surface area contributed by atoms with Crippen LogP contribution in [0.25, 0.3) is 0 Å². The molecule has 0 atom stereocenters. The zero-order valence-electron chi connectivity index (χ0n) is 11.6. The molecule has 104 valence electrons. The summed E-state index contributed by atoms with van der Waals surface area (Å²) in [4.78, 5) is 0. The molecule has 0 radical (unpaired) electrons. The monoisotopic (exact) mass is 277 g/mol. The second kappa shape index (κ2) is 6.28. The van der Waals surface area contributed by atoms with Crippen molar-refractivity contribution in [2.24, 2.45) is 0 Å². The van der Waals surface area contributed by atoms with Crippen molar-refractivity contribution in [1.82, 2.24) is 5.32 Å². The molecule has 19 heavy (non-hydrogen) atoms. The SMILES string of the molecule is Clc1cc(C2CCNCC2)ccc1C1CCCCC1. The summed E-state index contributed by atoms with van der Waals surface area (Å²) in [6.45, 7) is 2.29. The molecule has 1 aliphatic carbocycles. The Labute approximate surface area is 121 Å². The van der Waals surface area contributed by atoms with Gasteiger partial charge in [-0.1, -0.05) is 43.0 Å². The van der Waals surface area contributed by atoms with Gasteiger partial charge in [0.1, 0.15) is 0 Å². The average Bonchev–Trinajstić information content (AvgIpc) is 2.49. The summed E-state index contributed by atoms with van der Waals surface area (Å²) in [5, 5.41) is 4.45. The maximum absolute atomic E-state index is 6.57. The average molecular weight is 278 g/mol. The number of nitrogens with one attached hydrogen (secondary N) is 1. The van der Waals surface area contributed by atoms with Crippen molar-refractivity contribution >= 4 is 11.6 Å². The first-order valence-corrected chi connectivity index (χ1v) is 8.22. The maximum atomic E-state index is 6.57. The van der Waals surface area contributed by atoms with Crippen molar-refractivity contribution in [1.29, 1.82) is 0 Å². The van der Waals surface area contributed by atoms with Crippen molar-refractivity contribution in [2.75, 3.05) is 13.1 Å². The topological polar surface area (TPSA) is 12.0 Å². The Morgan fingerprint density at radius 2 is 1.63 bits per heavy atom. The highest BCUT2D eigenvalue weighted by atomic mass is 35.5. The summed E-state index contributed by atoms with van der Waals surface area (Å²) < 4.78 is 0. The number of benzene rings is 1. The molecule has 1 aliphatic heterocycles. The van der Waals surface area contributed by atoms with Crippen molar-refractivity contribution in [2.45, 2.75) is 56.8 Å². The van der Waals surface area contributed by atoms with Crippen LogP contribution in [0.5, 0.6) is 0 Å². The van der Waals surface area contributed by atoms with Crippen LogP contribution in [0.2, 0.25) is 5.02 Å². The molecular weight excluding hydrogens is 254 g/mol. The molecule has 1 aromatic carbocycles. The summed E-state index contributed by atoms with van der Waals surface area (Å²) in [6.07, 6.45) is 9.30. The Balaban J connectivity index is 1.76. The lowest BCUT2D eigenvalue weighted by atomic mass is 9.82. The first-order valence-electron chi connectivity index (χ1n) is 7.84. The van der Waals surface area contributed by atoms with E-state index in [4.69, 9.17) is 11.6 Å². The lowest BCUT2D eigenvalue weighted by Gasteiger charge is -2.26. The van der Waals surface area contributed by atoms with E-state index in [1.807, 2.05) is 0 Å². The zero-order valence-corrected chi connectivity index (χ0v) is 12.4. The van der Waals surface area contributed by atoms with Crippen LogP contribution < -0.4 is 5.32 Å². The van der Waals surface area contributed by atoms with Gasteiger partial charge in [0.15, 0.2) is 0 Å². The Morgan fingerprint density at radius 1 is 0.895 bits per heavy atom. The Bertz CT molecular complexity index is 417. The van der Waals surface area contributed by atoms with Crippen molar-refractivity contribution in [3.63, 3.8) is 0 Å². The van der Waals surface area contributed by atoms with Gasteiger partial charge in [-0.05, 0) is 67.8 Å². The largest absolute Gasteiger partial charge is 0.317 e. The van der Waals surface area contributed by atoms with Gasteiger partial charge in [-0.3, -0.25) is 0 Å². The highest BCUT2D eigenvalue weighted by Gasteiger charge is 2.20. The second-order valence-corrected chi connectivity index (χ2v) is 6.55. The van der Waals surface area contributed by atoms with Gasteiger partial charge < -0.3 is 5.32 Å². The minimum absolute atomic E-state index is 0.708. The summed E-state index contributed by atoms with van der Waals surface area (Å²) in [5.74, 6) is 1.42. The number of halogens is 1. The standard InChI is InChI=1S/C17H24ClN/c18-17-12-15(13-8-10-19-11-9-13)6-7-16(17)14-4-2-1-3-5-14/h6-7,12-14,19H,1-5,8-11H2. The lowest BCUT2D eigenvalue weighted by molar-refractivity contribution is 0.442. The van der Waals surface area contributed by atoms with Gasteiger partial charge in [0.05, 0.1) is 0 Å². The third-order valence-electron chi connectivity index (χ3n) is 4.88. The van der Waals surface area contributed by atoms with Crippen LogP contribution >= 0.6 is 11.6 Å². The van der Waals surface area contributed by atoms with Crippen LogP contribution in [0, 0.1) is 0 Å². The molecule has 2 fully saturated rings. The highest BCUT2D eigenvalue weighted by Crippen LogP contribution is 2.38. The molecule has 1 aromatic rings. The first-order chi connectivity index (χ1) is 9.34. The number of hydrogen-bond donors (Lipinski definition) is 1. The van der Waals surface area contributed by atoms with Crippen LogP contribution in [0.4, 0.5) is 0 Å². The van der Waals surface area contributed by atoms with Gasteiger partial charge >= 0.3 is 0 Å². The molecule has 0 unspecified atom stereocenters. The summed E-state index contributed by atoms with van der Waals surface area (Å²) in [6, 6.07) is 6.91. The van der Waals surface area contributed by atoms with E-state index in [0.717, 1.165) is 18.1 Å². The smallest absolute Gasteiger partial charge is 0.0443 e. The van der Waals surface area contributed by atoms with Crippen molar-refractivity contribution in [3.8, 4) is 0 Å². The molecule has 0 aromatic heterocycles. The lowest BCUT2D eigenvalue weighted by Crippen LogP contribution is -2.26. The van der Waals surface area contributed by atoms with Crippen molar-refractivity contribution in [3.05, 3.63) is 34.3 Å². The van der Waals surface area contributed by atoms with E-state index >= 15 is 0 Å². The molecule has 3 rings (SSSR count). The van der Waals surface area contributed by atoms with E-state index in [1.165, 1.54) is 56.1 Å². The molecule has 1 nitrogen and oxygen atoms in total. The van der Waals surface area contributed by atoms with E-state index in [9.17, 15) is 0 Å². The predicted octanol–water partition coefficient (Wildman–Crippen LogP) is 4.85. The van der Waals surface area contributed by atoms with E-state index in [-0.39, 0.29) is 0 Å². The van der Waals surface area contributed by atoms with Crippen LogP contribution in [-0.4, -0.2) is 13.1 Å². The van der Waals surface area contributed by atoms with Crippen LogP contribution in [0.1, 0.15) is 67.9 Å². The Hall–Kier alpha value is -0.530. The third-order valence-corrected chi connectivity index (χ3v) is 5.21. The summed E-state index contributed by atoms with van der Waals surface area (Å²) in [7, 11) is 0. The van der Waals surface area contributed by atoms with Crippen LogP contribution in [-0.2, 0) is 0 Å². The van der Waals surface area contributed by atoms with Gasteiger partial charge in [0.25, 0.3) is 0 Å². The highest BCUT2D eigenvalue weighted by molar-refractivity contribution is 6.31. The normalized spacial score (nSPS) is 22.6. The van der Waals surface area contributed by atoms with Crippen LogP contribution in [0.15, 0.2) is 18.2 Å². The molecule has 2 heteroatoms. The molecular formula is C17H24ClN. The molecule has 2 aliphatic rings. The van der Waals surface area contributed by atoms with Gasteiger partial charge in [-0.15, -0.1) is 0 Å². The fourth-order valence-corrected chi connectivity index (χ4v) is 4.04. The van der Waals surface area contributed by atoms with Gasteiger partial charge in [-0.25, -0.2) is 0 Å². The molecule has 0 spiro atoms. The van der Waals surface area contributed by atoms with E-state index < -0.39 is 0 Å². The molecule has 1 N–H and O–H groups in total. The van der Waals surface area contributed by atoms with Gasteiger partial charge in [0, 0.05) is 5.02 Å². The van der Waals surface area contributed by atoms with Gasteiger partial charge in [0.2, 0.25) is 0 Å². The van der Waals surface area contributed by atoms with E-state index in [0.29, 0.717) is 11.8 Å². The van der Waals surface area contributed by atoms with Crippen LogP contribution in [0.3, 0.4) is 0 Å². The number of rotatable bonds is 2. The number of piperidine rings is 1. The Kier molecular flexibility index (Phi) is 4.45. The number of hydrogen-bond acceptors (Lipinski definition) is 1. The van der Waals surface area contributed by atoms with E-state index in [1.54, 1.807) is 0 Å². The molecule has 1 heterocycles. The fraction of sp³-hybridized carbons (Fsp3) is 0.647. The maximum Gasteiger partial charge on any atom is 0.0443 e. The molecule has 0 bridgehead atoms. The molecule has 1 saturated heterocycles. The predicted molar refractivity (Wildman–Crippen MR) is 82.1 cm³/mol. The first kappa shape index (κ1) is 13.5. The third kappa shape index (κ3) is 3.14. The van der Waals surface area contributed by atoms with Gasteiger partial charge in [-0.2, -0.15) is 0 Å². The minimum Gasteiger partial charge on any atom is -0.317 e. The Morgan fingerprint density at radius 3 is 2.32 bits per heavy atom. The molecule has 0 amide bonds. The second-order valence-electron chi connectivity index (χ2n) is 6.14. The summed E-state index contributed by atoms with van der Waals surface area (Å²) in [5.41, 5.74) is 2.85. The zero-order chi connectivity index (χ0) is 13.1. The fourth-order valence-electron chi connectivity index (χ4n) is 3.70. The minimum atomic E-state index is 0.708. The van der Waals surface area contributed by atoms with E-state index in [2.05, 4.69) is 23.5 Å². The quantitative estimate of drug-likeness (QED) is 0.814. The van der Waals surface area contributed by atoms with Crippen molar-refractivity contribution < 1.29 is 0 Å². The summed E-state index contributed by atoms with van der Waals surface area (Å²) >= 11 is 6.57.